The number of amides is 1. The summed E-state index contributed by atoms with van der Waals surface area (Å²) in [7, 11) is -3.01. The molecule has 0 saturated carbocycles. The fourth-order valence-electron chi connectivity index (χ4n) is 2.68. The zero-order valence-electron chi connectivity index (χ0n) is 12.3. The first kappa shape index (κ1) is 16.1. The molecule has 0 radical (unpaired) electrons. The van der Waals surface area contributed by atoms with Crippen LogP contribution in [0.2, 0.25) is 5.02 Å². The van der Waals surface area contributed by atoms with Crippen LogP contribution in [-0.4, -0.2) is 38.5 Å². The van der Waals surface area contributed by atoms with E-state index in [2.05, 4.69) is 5.32 Å². The molecule has 1 amide bonds. The van der Waals surface area contributed by atoms with E-state index in [9.17, 15) is 13.2 Å². The normalized spacial score (nSPS) is 19.6. The maximum atomic E-state index is 11.9. The molecule has 1 N–H and O–H groups in total. The Morgan fingerprint density at radius 1 is 1.22 bits per heavy atom. The van der Waals surface area contributed by atoms with Crippen LogP contribution in [0, 0.1) is 0 Å². The summed E-state index contributed by atoms with van der Waals surface area (Å²) in [5.41, 5.74) is 0. The number of hydrogen-bond acceptors (Lipinski definition) is 4. The van der Waals surface area contributed by atoms with Gasteiger partial charge in [0.15, 0.2) is 16.4 Å². The number of carbonyl (C=O) groups excluding carboxylic acids is 1. The Morgan fingerprint density at radius 2 is 1.96 bits per heavy atom. The van der Waals surface area contributed by atoms with Gasteiger partial charge in [-0.2, -0.15) is 0 Å². The van der Waals surface area contributed by atoms with E-state index < -0.39 is 9.84 Å². The van der Waals surface area contributed by atoms with Crippen molar-refractivity contribution >= 4 is 38.1 Å². The third kappa shape index (κ3) is 3.76. The molecule has 122 valence electrons. The first-order valence-electron chi connectivity index (χ1n) is 7.24. The molecule has 1 fully saturated rings. The van der Waals surface area contributed by atoms with Gasteiger partial charge in [0.05, 0.1) is 11.5 Å². The van der Waals surface area contributed by atoms with E-state index in [0.29, 0.717) is 17.2 Å². The predicted octanol–water partition coefficient (Wildman–Crippen LogP) is 2.18. The van der Waals surface area contributed by atoms with Crippen LogP contribution in [0.25, 0.3) is 10.8 Å². The topological polar surface area (TPSA) is 72.5 Å². The zero-order chi connectivity index (χ0) is 16.4. The lowest BCUT2D eigenvalue weighted by atomic mass is 10.1. The average Bonchev–Trinajstić information content (AvgIpc) is 2.86. The molecule has 1 aliphatic heterocycles. The lowest BCUT2D eigenvalue weighted by molar-refractivity contribution is -0.123. The highest BCUT2D eigenvalue weighted by Gasteiger charge is 2.28. The first-order valence-corrected chi connectivity index (χ1v) is 9.44. The van der Waals surface area contributed by atoms with Gasteiger partial charge in [0.25, 0.3) is 5.91 Å². The fraction of sp³-hybridized carbons (Fsp3) is 0.312. The minimum absolute atomic E-state index is 0.00259. The Hall–Kier alpha value is -1.79. The molecule has 1 atom stereocenters. The number of nitrogens with one attached hydrogen (secondary N) is 1. The van der Waals surface area contributed by atoms with Gasteiger partial charge in [-0.15, -0.1) is 0 Å². The van der Waals surface area contributed by atoms with Crippen molar-refractivity contribution < 1.29 is 17.9 Å². The number of benzene rings is 2. The van der Waals surface area contributed by atoms with Gasteiger partial charge in [-0.25, -0.2) is 8.42 Å². The van der Waals surface area contributed by atoms with Crippen LogP contribution in [0.4, 0.5) is 0 Å². The van der Waals surface area contributed by atoms with Gasteiger partial charge in [-0.1, -0.05) is 35.9 Å². The standard InChI is InChI=1S/C16H16ClNO4S/c17-14-5-6-15(13-4-2-1-3-12(13)14)22-9-16(19)18-11-7-8-23(20,21)10-11/h1-6,11H,7-10H2,(H,18,19)/t11-/m1/s1. The molecule has 1 heterocycles. The molecule has 0 bridgehead atoms. The van der Waals surface area contributed by atoms with Crippen molar-refractivity contribution in [3.8, 4) is 5.75 Å². The summed E-state index contributed by atoms with van der Waals surface area (Å²) in [6, 6.07) is 10.6. The third-order valence-corrected chi connectivity index (χ3v) is 5.88. The molecule has 0 spiro atoms. The van der Waals surface area contributed by atoms with Crippen molar-refractivity contribution in [2.75, 3.05) is 18.1 Å². The SMILES string of the molecule is O=C(COc1ccc(Cl)c2ccccc12)N[C@@H]1CCS(=O)(=O)C1. The van der Waals surface area contributed by atoms with E-state index in [0.717, 1.165) is 10.8 Å². The van der Waals surface area contributed by atoms with Crippen molar-refractivity contribution in [1.82, 2.24) is 5.32 Å². The molecule has 3 rings (SSSR count). The van der Waals surface area contributed by atoms with Gasteiger partial charge in [0, 0.05) is 21.8 Å². The molecule has 7 heteroatoms. The second kappa shape index (κ2) is 6.37. The Balaban J connectivity index is 1.65. The van der Waals surface area contributed by atoms with Crippen molar-refractivity contribution in [1.29, 1.82) is 0 Å². The second-order valence-electron chi connectivity index (χ2n) is 5.55. The van der Waals surface area contributed by atoms with Crippen molar-refractivity contribution in [2.24, 2.45) is 0 Å². The lowest BCUT2D eigenvalue weighted by Gasteiger charge is -2.13. The van der Waals surface area contributed by atoms with Crippen molar-refractivity contribution in [3.05, 3.63) is 41.4 Å². The van der Waals surface area contributed by atoms with E-state index in [1.54, 1.807) is 12.1 Å². The smallest absolute Gasteiger partial charge is 0.258 e. The van der Waals surface area contributed by atoms with Gasteiger partial charge >= 0.3 is 0 Å². The van der Waals surface area contributed by atoms with E-state index in [1.165, 1.54) is 0 Å². The highest BCUT2D eigenvalue weighted by Crippen LogP contribution is 2.31. The monoisotopic (exact) mass is 353 g/mol. The van der Waals surface area contributed by atoms with Gasteiger partial charge in [0.1, 0.15) is 5.75 Å². The summed E-state index contributed by atoms with van der Waals surface area (Å²) in [6.07, 6.45) is 0.456. The van der Waals surface area contributed by atoms with Crippen LogP contribution in [0.1, 0.15) is 6.42 Å². The number of hydrogen-bond donors (Lipinski definition) is 1. The first-order chi connectivity index (χ1) is 10.9. The van der Waals surface area contributed by atoms with Crippen LogP contribution in [0.5, 0.6) is 5.75 Å². The molecule has 23 heavy (non-hydrogen) atoms. The van der Waals surface area contributed by atoms with Gasteiger partial charge < -0.3 is 10.1 Å². The molecule has 0 aliphatic carbocycles. The van der Waals surface area contributed by atoms with E-state index in [4.69, 9.17) is 16.3 Å². The second-order valence-corrected chi connectivity index (χ2v) is 8.18. The Kier molecular flexibility index (Phi) is 4.46. The molecular weight excluding hydrogens is 338 g/mol. The number of ether oxygens (including phenoxy) is 1. The molecular formula is C16H16ClNO4S. The summed E-state index contributed by atoms with van der Waals surface area (Å²) >= 11 is 6.14. The average molecular weight is 354 g/mol. The molecule has 1 saturated heterocycles. The predicted molar refractivity (Wildman–Crippen MR) is 89.7 cm³/mol. The highest BCUT2D eigenvalue weighted by molar-refractivity contribution is 7.91. The van der Waals surface area contributed by atoms with Gasteiger partial charge in [0.2, 0.25) is 0 Å². The minimum Gasteiger partial charge on any atom is -0.483 e. The molecule has 0 unspecified atom stereocenters. The zero-order valence-corrected chi connectivity index (χ0v) is 13.9. The van der Waals surface area contributed by atoms with E-state index >= 15 is 0 Å². The maximum Gasteiger partial charge on any atom is 0.258 e. The number of sulfone groups is 1. The van der Waals surface area contributed by atoms with Crippen LogP contribution in [0.15, 0.2) is 36.4 Å². The number of fused-ring (bicyclic) bond motifs is 1. The van der Waals surface area contributed by atoms with Crippen LogP contribution < -0.4 is 10.1 Å². The Labute approximate surface area is 139 Å². The Morgan fingerprint density at radius 3 is 2.65 bits per heavy atom. The third-order valence-electron chi connectivity index (χ3n) is 3.79. The number of carbonyl (C=O) groups is 1. The van der Waals surface area contributed by atoms with Crippen LogP contribution in [0.3, 0.4) is 0 Å². The lowest BCUT2D eigenvalue weighted by Crippen LogP contribution is -2.38. The summed E-state index contributed by atoms with van der Waals surface area (Å²) in [5, 5.41) is 5.00. The van der Waals surface area contributed by atoms with Crippen LogP contribution in [-0.2, 0) is 14.6 Å². The summed E-state index contributed by atoms with van der Waals surface area (Å²) in [4.78, 5) is 11.9. The number of rotatable bonds is 4. The highest BCUT2D eigenvalue weighted by atomic mass is 35.5. The molecule has 1 aliphatic rings. The summed E-state index contributed by atoms with van der Waals surface area (Å²) in [5.74, 6) is 0.369. The van der Waals surface area contributed by atoms with E-state index in [-0.39, 0.29) is 30.1 Å². The molecule has 0 aromatic heterocycles. The fourth-order valence-corrected chi connectivity index (χ4v) is 4.58. The molecule has 2 aromatic carbocycles. The quantitative estimate of drug-likeness (QED) is 0.914. The summed E-state index contributed by atoms with van der Waals surface area (Å²) < 4.78 is 28.3. The van der Waals surface area contributed by atoms with Gasteiger partial charge in [-0.3, -0.25) is 4.79 Å². The molecule has 5 nitrogen and oxygen atoms in total. The minimum atomic E-state index is -3.01. The largest absolute Gasteiger partial charge is 0.483 e. The van der Waals surface area contributed by atoms with E-state index in [1.807, 2.05) is 24.3 Å². The Bertz CT molecular complexity index is 850. The van der Waals surface area contributed by atoms with Crippen molar-refractivity contribution in [2.45, 2.75) is 12.5 Å². The van der Waals surface area contributed by atoms with Gasteiger partial charge in [-0.05, 0) is 18.6 Å². The van der Waals surface area contributed by atoms with Crippen molar-refractivity contribution in [3.63, 3.8) is 0 Å². The maximum absolute atomic E-state index is 11.9. The summed E-state index contributed by atoms with van der Waals surface area (Å²) in [6.45, 7) is -0.165. The number of halogens is 1. The molecule has 2 aromatic rings. The van der Waals surface area contributed by atoms with Crippen LogP contribution >= 0.6 is 11.6 Å².